The summed E-state index contributed by atoms with van der Waals surface area (Å²) in [5.41, 5.74) is 1.01. The van der Waals surface area contributed by atoms with E-state index in [1.54, 1.807) is 12.1 Å². The van der Waals surface area contributed by atoms with Crippen LogP contribution in [-0.2, 0) is 21.2 Å². The van der Waals surface area contributed by atoms with Crippen LogP contribution in [0.2, 0.25) is 0 Å². The molecular weight excluding hydrogens is 415 g/mol. The van der Waals surface area contributed by atoms with Gasteiger partial charge in [-0.2, -0.15) is 0 Å². The monoisotopic (exact) mass is 450 g/mol. The maximum atomic E-state index is 13.7. The summed E-state index contributed by atoms with van der Waals surface area (Å²) in [6.45, 7) is 0.938. The molecule has 3 fully saturated rings. The van der Waals surface area contributed by atoms with Crippen LogP contribution < -0.4 is 0 Å². The largest absolute Gasteiger partial charge is 0.335 e. The molecule has 1 aromatic carbocycles. The Morgan fingerprint density at radius 1 is 0.871 bits per heavy atom. The zero-order valence-corrected chi connectivity index (χ0v) is 19.2. The first-order valence-corrected chi connectivity index (χ1v) is 13.7. The number of amides is 1. The number of benzene rings is 1. The number of rotatable bonds is 7. The molecule has 1 saturated heterocycles. The normalized spacial score (nSPS) is 24.6. The Balaban J connectivity index is 1.52. The second-order valence-corrected chi connectivity index (χ2v) is 11.8. The number of hydrogen-bond acceptors (Lipinski definition) is 4. The van der Waals surface area contributed by atoms with Gasteiger partial charge in [0, 0.05) is 24.7 Å². The molecule has 31 heavy (non-hydrogen) atoms. The topological polar surface area (TPSA) is 57.7 Å². The van der Waals surface area contributed by atoms with Gasteiger partial charge in [-0.15, -0.1) is 0 Å². The first-order valence-electron chi connectivity index (χ1n) is 11.9. The first kappa shape index (κ1) is 22.7. The van der Waals surface area contributed by atoms with Crippen LogP contribution in [0.25, 0.3) is 0 Å². The molecule has 7 heteroatoms. The lowest BCUT2D eigenvalue weighted by Crippen LogP contribution is -2.52. The van der Waals surface area contributed by atoms with E-state index in [4.69, 9.17) is 0 Å². The minimum Gasteiger partial charge on any atom is -0.335 e. The van der Waals surface area contributed by atoms with Crippen LogP contribution in [0.5, 0.6) is 0 Å². The number of carbonyl (C=O) groups is 1. The zero-order chi connectivity index (χ0) is 21.8. The maximum absolute atomic E-state index is 13.7. The van der Waals surface area contributed by atoms with Crippen molar-refractivity contribution in [1.82, 2.24) is 9.80 Å². The van der Waals surface area contributed by atoms with Gasteiger partial charge in [0.15, 0.2) is 9.84 Å². The summed E-state index contributed by atoms with van der Waals surface area (Å²) in [7, 11) is -3.05. The van der Waals surface area contributed by atoms with Crippen LogP contribution in [0.3, 0.4) is 0 Å². The minimum absolute atomic E-state index is 0.0710. The fraction of sp³-hybridized carbons (Fsp3) is 0.708. The van der Waals surface area contributed by atoms with Gasteiger partial charge in [0.25, 0.3) is 0 Å². The molecule has 5 nitrogen and oxygen atoms in total. The van der Waals surface area contributed by atoms with Crippen molar-refractivity contribution in [2.45, 2.75) is 88.9 Å². The highest BCUT2D eigenvalue weighted by atomic mass is 32.2. The highest BCUT2D eigenvalue weighted by Crippen LogP contribution is 2.30. The molecular formula is C24H35FN2O3S. The third-order valence-corrected chi connectivity index (χ3v) is 9.09. The fourth-order valence-corrected chi connectivity index (χ4v) is 7.43. The highest BCUT2D eigenvalue weighted by Gasteiger charge is 2.39. The lowest BCUT2D eigenvalue weighted by Gasteiger charge is -2.39. The number of sulfone groups is 1. The fourth-order valence-electron chi connectivity index (χ4n) is 5.72. The third-order valence-electron chi connectivity index (χ3n) is 7.34. The summed E-state index contributed by atoms with van der Waals surface area (Å²) in [6, 6.07) is 6.89. The van der Waals surface area contributed by atoms with Gasteiger partial charge in [0.1, 0.15) is 5.82 Å². The lowest BCUT2D eigenvalue weighted by molar-refractivity contribution is -0.137. The Hall–Kier alpha value is -1.47. The Labute approximate surface area is 185 Å². The van der Waals surface area contributed by atoms with Gasteiger partial charge < -0.3 is 4.90 Å². The standard InChI is InChI=1S/C24H35FN2O3S/c25-20-12-10-19(11-13-20)16-26(21-6-2-1-3-7-21)17-24(28)27(22-8-4-5-9-22)23-14-15-31(29,30)18-23/h10-13,21-23H,1-9,14-18H2. The minimum atomic E-state index is -3.05. The van der Waals surface area contributed by atoms with Gasteiger partial charge in [-0.05, 0) is 49.8 Å². The Morgan fingerprint density at radius 2 is 1.48 bits per heavy atom. The summed E-state index contributed by atoms with van der Waals surface area (Å²) in [5, 5.41) is 0. The van der Waals surface area contributed by atoms with E-state index in [9.17, 15) is 17.6 Å². The van der Waals surface area contributed by atoms with Crippen molar-refractivity contribution in [1.29, 1.82) is 0 Å². The van der Waals surface area contributed by atoms with Crippen molar-refractivity contribution in [2.24, 2.45) is 0 Å². The van der Waals surface area contributed by atoms with Crippen LogP contribution in [-0.4, -0.2) is 60.3 Å². The van der Waals surface area contributed by atoms with E-state index in [0.717, 1.165) is 44.1 Å². The molecule has 1 atom stereocenters. The molecule has 1 unspecified atom stereocenters. The average molecular weight is 451 g/mol. The van der Waals surface area contributed by atoms with Gasteiger partial charge in [-0.1, -0.05) is 44.2 Å². The van der Waals surface area contributed by atoms with Crippen LogP contribution in [0.1, 0.15) is 69.8 Å². The smallest absolute Gasteiger partial charge is 0.237 e. The molecule has 2 saturated carbocycles. The predicted octanol–water partition coefficient (Wildman–Crippen LogP) is 3.92. The van der Waals surface area contributed by atoms with Gasteiger partial charge in [-0.25, -0.2) is 12.8 Å². The van der Waals surface area contributed by atoms with Crippen LogP contribution in [0.15, 0.2) is 24.3 Å². The van der Waals surface area contributed by atoms with Crippen molar-refractivity contribution in [3.05, 3.63) is 35.6 Å². The summed E-state index contributed by atoms with van der Waals surface area (Å²) < 4.78 is 37.7. The molecule has 1 aromatic rings. The number of hydrogen-bond donors (Lipinski definition) is 0. The molecule has 3 aliphatic rings. The Morgan fingerprint density at radius 3 is 2.10 bits per heavy atom. The van der Waals surface area contributed by atoms with E-state index in [0.29, 0.717) is 25.6 Å². The molecule has 172 valence electrons. The number of halogens is 1. The van der Waals surface area contributed by atoms with E-state index in [-0.39, 0.29) is 35.3 Å². The van der Waals surface area contributed by atoms with E-state index in [1.165, 1.54) is 31.4 Å². The molecule has 1 heterocycles. The lowest BCUT2D eigenvalue weighted by atomic mass is 9.93. The van der Waals surface area contributed by atoms with Crippen molar-refractivity contribution >= 4 is 15.7 Å². The maximum Gasteiger partial charge on any atom is 0.237 e. The molecule has 1 amide bonds. The summed E-state index contributed by atoms with van der Waals surface area (Å²) in [5.74, 6) is 0.118. The summed E-state index contributed by atoms with van der Waals surface area (Å²) >= 11 is 0. The molecule has 0 aromatic heterocycles. The van der Waals surface area contributed by atoms with Crippen molar-refractivity contribution < 1.29 is 17.6 Å². The molecule has 0 bridgehead atoms. The predicted molar refractivity (Wildman–Crippen MR) is 120 cm³/mol. The first-order chi connectivity index (χ1) is 14.9. The van der Waals surface area contributed by atoms with Gasteiger partial charge in [-0.3, -0.25) is 9.69 Å². The summed E-state index contributed by atoms with van der Waals surface area (Å²) in [6.07, 6.45) is 10.5. The highest BCUT2D eigenvalue weighted by molar-refractivity contribution is 7.91. The van der Waals surface area contributed by atoms with Gasteiger partial charge >= 0.3 is 0 Å². The molecule has 1 aliphatic heterocycles. The average Bonchev–Trinajstić information content (AvgIpc) is 3.40. The molecule has 0 N–H and O–H groups in total. The van der Waals surface area contributed by atoms with E-state index in [1.807, 2.05) is 4.90 Å². The van der Waals surface area contributed by atoms with E-state index in [2.05, 4.69) is 4.90 Å². The third kappa shape index (κ3) is 5.86. The van der Waals surface area contributed by atoms with Crippen LogP contribution >= 0.6 is 0 Å². The SMILES string of the molecule is O=C(CN(Cc1ccc(F)cc1)C1CCCCC1)N(C1CCCC1)C1CCS(=O)(=O)C1. The number of carbonyl (C=O) groups excluding carboxylic acids is 1. The van der Waals surface area contributed by atoms with Gasteiger partial charge in [0.2, 0.25) is 5.91 Å². The molecule has 4 rings (SSSR count). The van der Waals surface area contributed by atoms with Crippen molar-refractivity contribution in [3.8, 4) is 0 Å². The quantitative estimate of drug-likeness (QED) is 0.632. The molecule has 2 aliphatic carbocycles. The second kappa shape index (κ2) is 9.99. The Bertz CT molecular complexity index is 846. The molecule has 0 radical (unpaired) electrons. The van der Waals surface area contributed by atoms with E-state index < -0.39 is 9.84 Å². The number of nitrogens with zero attached hydrogens (tertiary/aromatic N) is 2. The summed E-state index contributed by atoms with van der Waals surface area (Å²) in [4.78, 5) is 17.9. The van der Waals surface area contributed by atoms with Crippen LogP contribution in [0.4, 0.5) is 4.39 Å². The Kier molecular flexibility index (Phi) is 7.32. The molecule has 0 spiro atoms. The zero-order valence-electron chi connectivity index (χ0n) is 18.3. The van der Waals surface area contributed by atoms with Crippen molar-refractivity contribution in [2.75, 3.05) is 18.1 Å². The second-order valence-electron chi connectivity index (χ2n) is 9.62. The van der Waals surface area contributed by atoms with Crippen molar-refractivity contribution in [3.63, 3.8) is 0 Å². The van der Waals surface area contributed by atoms with Crippen LogP contribution in [0, 0.1) is 5.82 Å². The van der Waals surface area contributed by atoms with Gasteiger partial charge in [0.05, 0.1) is 18.1 Å². The van der Waals surface area contributed by atoms with E-state index >= 15 is 0 Å².